The van der Waals surface area contributed by atoms with Crippen LogP contribution < -0.4 is 0 Å². The second kappa shape index (κ2) is 4.81. The van der Waals surface area contributed by atoms with Crippen LogP contribution in [0, 0.1) is 5.41 Å². The van der Waals surface area contributed by atoms with E-state index in [1.807, 2.05) is 0 Å². The molecule has 1 aliphatic heterocycles. The molecule has 0 amide bonds. The molecule has 1 saturated heterocycles. The Balaban J connectivity index is 2.83. The van der Waals surface area contributed by atoms with Crippen molar-refractivity contribution in [3.63, 3.8) is 0 Å². The molecule has 3 nitrogen and oxygen atoms in total. The zero-order chi connectivity index (χ0) is 11.6. The molecular weight excluding hydrogens is 190 g/mol. The van der Waals surface area contributed by atoms with Gasteiger partial charge in [-0.25, -0.2) is 0 Å². The van der Waals surface area contributed by atoms with Crippen LogP contribution in [0.15, 0.2) is 0 Å². The summed E-state index contributed by atoms with van der Waals surface area (Å²) in [6.07, 6.45) is 1.59. The van der Waals surface area contributed by atoms with Gasteiger partial charge in [-0.3, -0.25) is 4.90 Å². The first-order valence-electron chi connectivity index (χ1n) is 5.73. The van der Waals surface area contributed by atoms with Crippen molar-refractivity contribution in [1.82, 2.24) is 4.90 Å². The molecule has 0 spiro atoms. The fraction of sp³-hybridized carbons (Fsp3) is 1.00. The first-order valence-corrected chi connectivity index (χ1v) is 5.73. The molecule has 1 aliphatic rings. The highest BCUT2D eigenvalue weighted by Crippen LogP contribution is 2.37. The number of ether oxygens (including phenoxy) is 2. The van der Waals surface area contributed by atoms with Crippen LogP contribution in [-0.2, 0) is 9.47 Å². The summed E-state index contributed by atoms with van der Waals surface area (Å²) in [5.41, 5.74) is 0.151. The van der Waals surface area contributed by atoms with Crippen molar-refractivity contribution in [2.75, 3.05) is 20.8 Å². The monoisotopic (exact) mass is 215 g/mol. The smallest absolute Gasteiger partial charge is 0.115 e. The van der Waals surface area contributed by atoms with E-state index < -0.39 is 0 Å². The number of likely N-dealkylation sites (tertiary alicyclic amines) is 1. The third-order valence-electron chi connectivity index (χ3n) is 3.36. The number of hydrogen-bond acceptors (Lipinski definition) is 3. The lowest BCUT2D eigenvalue weighted by Gasteiger charge is -2.49. The van der Waals surface area contributed by atoms with Crippen LogP contribution in [0.1, 0.15) is 34.1 Å². The van der Waals surface area contributed by atoms with Gasteiger partial charge in [-0.15, -0.1) is 0 Å². The summed E-state index contributed by atoms with van der Waals surface area (Å²) < 4.78 is 11.1. The number of hydrogen-bond donors (Lipinski definition) is 0. The van der Waals surface area contributed by atoms with Gasteiger partial charge in [-0.05, 0) is 20.3 Å². The first-order chi connectivity index (χ1) is 6.92. The Kier molecular flexibility index (Phi) is 4.15. The Morgan fingerprint density at radius 1 is 1.20 bits per heavy atom. The largest absolute Gasteiger partial charge is 0.380 e. The summed E-state index contributed by atoms with van der Waals surface area (Å²) in [6.45, 7) is 9.89. The van der Waals surface area contributed by atoms with Crippen molar-refractivity contribution in [3.05, 3.63) is 0 Å². The molecule has 15 heavy (non-hydrogen) atoms. The van der Waals surface area contributed by atoms with Crippen molar-refractivity contribution in [1.29, 1.82) is 0 Å². The van der Waals surface area contributed by atoms with Gasteiger partial charge in [0.1, 0.15) is 6.23 Å². The van der Waals surface area contributed by atoms with E-state index in [0.29, 0.717) is 12.1 Å². The molecule has 90 valence electrons. The van der Waals surface area contributed by atoms with Crippen LogP contribution >= 0.6 is 0 Å². The average molecular weight is 215 g/mol. The Morgan fingerprint density at radius 2 is 1.80 bits per heavy atom. The molecule has 0 aromatic carbocycles. The fourth-order valence-corrected chi connectivity index (χ4v) is 2.63. The van der Waals surface area contributed by atoms with Gasteiger partial charge in [0.2, 0.25) is 0 Å². The van der Waals surface area contributed by atoms with Gasteiger partial charge in [0.25, 0.3) is 0 Å². The molecule has 0 bridgehead atoms. The minimum Gasteiger partial charge on any atom is -0.380 e. The molecule has 0 N–H and O–H groups in total. The SMILES string of the molecule is COC1CN(C(C)C)C(OC)C(C)(C)C1. The van der Waals surface area contributed by atoms with Gasteiger partial charge in [0.15, 0.2) is 0 Å². The van der Waals surface area contributed by atoms with Crippen molar-refractivity contribution >= 4 is 0 Å². The van der Waals surface area contributed by atoms with Crippen LogP contribution in [0.5, 0.6) is 0 Å². The van der Waals surface area contributed by atoms with Crippen LogP contribution in [0.25, 0.3) is 0 Å². The molecule has 2 atom stereocenters. The van der Waals surface area contributed by atoms with Gasteiger partial charge in [0, 0.05) is 32.2 Å². The first kappa shape index (κ1) is 12.9. The van der Waals surface area contributed by atoms with E-state index in [1.165, 1.54) is 0 Å². The summed E-state index contributed by atoms with van der Waals surface area (Å²) in [4.78, 5) is 2.39. The maximum atomic E-state index is 5.64. The van der Waals surface area contributed by atoms with Crippen molar-refractivity contribution in [2.45, 2.75) is 52.5 Å². The van der Waals surface area contributed by atoms with Gasteiger partial charge in [-0.1, -0.05) is 13.8 Å². The van der Waals surface area contributed by atoms with Crippen LogP contribution in [0.4, 0.5) is 0 Å². The molecule has 0 aliphatic carbocycles. The number of nitrogens with zero attached hydrogens (tertiary/aromatic N) is 1. The number of rotatable bonds is 3. The normalized spacial score (nSPS) is 32.2. The van der Waals surface area contributed by atoms with Crippen molar-refractivity contribution < 1.29 is 9.47 Å². The highest BCUT2D eigenvalue weighted by molar-refractivity contribution is 4.90. The van der Waals surface area contributed by atoms with Crippen molar-refractivity contribution in [2.24, 2.45) is 5.41 Å². The summed E-state index contributed by atoms with van der Waals surface area (Å²) >= 11 is 0. The predicted octanol–water partition coefficient (Wildman–Crippen LogP) is 2.11. The lowest BCUT2D eigenvalue weighted by molar-refractivity contribution is -0.173. The van der Waals surface area contributed by atoms with E-state index in [1.54, 1.807) is 14.2 Å². The Bertz CT molecular complexity index is 204. The molecular formula is C12H25NO2. The third-order valence-corrected chi connectivity index (χ3v) is 3.36. The molecule has 1 fully saturated rings. The molecule has 0 radical (unpaired) electrons. The summed E-state index contributed by atoms with van der Waals surface area (Å²) in [6, 6.07) is 0.493. The molecule has 0 aromatic rings. The standard InChI is InChI=1S/C12H25NO2/c1-9(2)13-8-10(14-5)7-12(3,4)11(13)15-6/h9-11H,7-8H2,1-6H3. The Hall–Kier alpha value is -0.120. The molecule has 2 unspecified atom stereocenters. The van der Waals surface area contributed by atoms with Gasteiger partial charge in [-0.2, -0.15) is 0 Å². The van der Waals surface area contributed by atoms with E-state index in [-0.39, 0.29) is 11.6 Å². The maximum absolute atomic E-state index is 5.64. The summed E-state index contributed by atoms with van der Waals surface area (Å²) in [7, 11) is 3.60. The lowest BCUT2D eigenvalue weighted by atomic mass is 9.80. The molecule has 1 heterocycles. The third kappa shape index (κ3) is 2.71. The topological polar surface area (TPSA) is 21.7 Å². The number of piperidine rings is 1. The molecule has 0 saturated carbocycles. The quantitative estimate of drug-likeness (QED) is 0.720. The maximum Gasteiger partial charge on any atom is 0.115 e. The highest BCUT2D eigenvalue weighted by Gasteiger charge is 2.42. The summed E-state index contributed by atoms with van der Waals surface area (Å²) in [5.74, 6) is 0. The molecule has 1 rings (SSSR count). The second-order valence-electron chi connectivity index (χ2n) is 5.43. The number of methoxy groups -OCH3 is 2. The van der Waals surface area contributed by atoms with Gasteiger partial charge >= 0.3 is 0 Å². The predicted molar refractivity (Wildman–Crippen MR) is 61.8 cm³/mol. The zero-order valence-corrected chi connectivity index (χ0v) is 10.9. The second-order valence-corrected chi connectivity index (χ2v) is 5.43. The van der Waals surface area contributed by atoms with Crippen LogP contribution in [0.3, 0.4) is 0 Å². The Labute approximate surface area is 93.7 Å². The van der Waals surface area contributed by atoms with E-state index in [9.17, 15) is 0 Å². The van der Waals surface area contributed by atoms with E-state index in [4.69, 9.17) is 9.47 Å². The van der Waals surface area contributed by atoms with E-state index >= 15 is 0 Å². The molecule has 0 aromatic heterocycles. The minimum atomic E-state index is 0.151. The van der Waals surface area contributed by atoms with E-state index in [0.717, 1.165) is 13.0 Å². The van der Waals surface area contributed by atoms with Crippen molar-refractivity contribution in [3.8, 4) is 0 Å². The average Bonchev–Trinajstić information content (AvgIpc) is 2.14. The Morgan fingerprint density at radius 3 is 2.20 bits per heavy atom. The minimum absolute atomic E-state index is 0.151. The van der Waals surface area contributed by atoms with Crippen LogP contribution in [0.2, 0.25) is 0 Å². The highest BCUT2D eigenvalue weighted by atomic mass is 16.5. The zero-order valence-electron chi connectivity index (χ0n) is 10.9. The summed E-state index contributed by atoms with van der Waals surface area (Å²) in [5, 5.41) is 0. The van der Waals surface area contributed by atoms with Gasteiger partial charge in [0.05, 0.1) is 6.10 Å². The fourth-order valence-electron chi connectivity index (χ4n) is 2.63. The lowest BCUT2D eigenvalue weighted by Crippen LogP contribution is -2.58. The molecule has 3 heteroatoms. The van der Waals surface area contributed by atoms with Gasteiger partial charge < -0.3 is 9.47 Å². The van der Waals surface area contributed by atoms with Crippen LogP contribution in [-0.4, -0.2) is 44.0 Å². The van der Waals surface area contributed by atoms with E-state index in [2.05, 4.69) is 32.6 Å².